The summed E-state index contributed by atoms with van der Waals surface area (Å²) in [6.07, 6.45) is 3.91. The first-order chi connectivity index (χ1) is 8.78. The summed E-state index contributed by atoms with van der Waals surface area (Å²) in [5, 5.41) is 0. The first kappa shape index (κ1) is 11.7. The van der Waals surface area contributed by atoms with Gasteiger partial charge in [0.1, 0.15) is 5.82 Å². The van der Waals surface area contributed by atoms with Gasteiger partial charge in [0, 0.05) is 42.2 Å². The molecule has 5 heteroatoms. The number of aromatic nitrogens is 2. The molecule has 0 atom stereocenters. The van der Waals surface area contributed by atoms with Gasteiger partial charge in [-0.25, -0.2) is 4.98 Å². The number of nitrogens with two attached hydrogens (primary N) is 1. The molecule has 0 unspecified atom stereocenters. The Morgan fingerprint density at radius 2 is 2.22 bits per heavy atom. The normalized spacial score (nSPS) is 14.7. The van der Waals surface area contributed by atoms with Crippen LogP contribution in [0.1, 0.15) is 11.4 Å². The summed E-state index contributed by atoms with van der Waals surface area (Å²) in [7, 11) is 0. The first-order valence-electron chi connectivity index (χ1n) is 6.01. The fourth-order valence-corrected chi connectivity index (χ4v) is 2.81. The SMILES string of the molecule is NCc1cc(Br)ccc1N1CCn2ccnc2C1. The standard InChI is InChI=1S/C13H15BrN4/c14-11-1-2-12(10(7-11)8-15)18-6-5-17-4-3-16-13(17)9-18/h1-4,7H,5-6,8-9,15H2. The topological polar surface area (TPSA) is 47.1 Å². The Balaban J connectivity index is 1.93. The Kier molecular flexibility index (Phi) is 3.09. The van der Waals surface area contributed by atoms with Gasteiger partial charge in [0.2, 0.25) is 0 Å². The van der Waals surface area contributed by atoms with Crippen molar-refractivity contribution in [2.75, 3.05) is 11.4 Å². The van der Waals surface area contributed by atoms with Crippen LogP contribution in [0.25, 0.3) is 0 Å². The van der Waals surface area contributed by atoms with Crippen LogP contribution in [0.2, 0.25) is 0 Å². The van der Waals surface area contributed by atoms with Crippen molar-refractivity contribution >= 4 is 21.6 Å². The highest BCUT2D eigenvalue weighted by Gasteiger charge is 2.18. The van der Waals surface area contributed by atoms with Gasteiger partial charge in [-0.2, -0.15) is 0 Å². The number of anilines is 1. The summed E-state index contributed by atoms with van der Waals surface area (Å²) in [5.74, 6) is 1.12. The predicted molar refractivity (Wildman–Crippen MR) is 75.3 cm³/mol. The highest BCUT2D eigenvalue weighted by molar-refractivity contribution is 9.10. The van der Waals surface area contributed by atoms with Crippen molar-refractivity contribution < 1.29 is 0 Å². The lowest BCUT2D eigenvalue weighted by atomic mass is 10.1. The highest BCUT2D eigenvalue weighted by atomic mass is 79.9. The quantitative estimate of drug-likeness (QED) is 0.924. The van der Waals surface area contributed by atoms with Crippen LogP contribution in [0.5, 0.6) is 0 Å². The summed E-state index contributed by atoms with van der Waals surface area (Å²) < 4.78 is 3.28. The monoisotopic (exact) mass is 306 g/mol. The molecule has 4 nitrogen and oxygen atoms in total. The molecule has 1 aliphatic rings. The lowest BCUT2D eigenvalue weighted by Gasteiger charge is -2.31. The zero-order valence-electron chi connectivity index (χ0n) is 10.0. The van der Waals surface area contributed by atoms with Gasteiger partial charge in [0.15, 0.2) is 0 Å². The van der Waals surface area contributed by atoms with Crippen LogP contribution in [0.4, 0.5) is 5.69 Å². The van der Waals surface area contributed by atoms with Crippen molar-refractivity contribution in [1.82, 2.24) is 9.55 Å². The summed E-state index contributed by atoms with van der Waals surface area (Å²) in [6.45, 7) is 3.38. The molecule has 0 aliphatic carbocycles. The molecule has 2 N–H and O–H groups in total. The van der Waals surface area contributed by atoms with E-state index in [0.717, 1.165) is 29.9 Å². The number of rotatable bonds is 2. The van der Waals surface area contributed by atoms with Gasteiger partial charge < -0.3 is 15.2 Å². The van der Waals surface area contributed by atoms with E-state index in [2.05, 4.69) is 48.6 Å². The van der Waals surface area contributed by atoms with Gasteiger partial charge in [0.25, 0.3) is 0 Å². The molecule has 1 aromatic heterocycles. The maximum absolute atomic E-state index is 5.83. The maximum atomic E-state index is 5.83. The Labute approximate surface area is 115 Å². The van der Waals surface area contributed by atoms with Crippen LogP contribution in [0.15, 0.2) is 35.1 Å². The van der Waals surface area contributed by atoms with Crippen LogP contribution >= 0.6 is 15.9 Å². The third kappa shape index (κ3) is 2.04. The van der Waals surface area contributed by atoms with Crippen molar-refractivity contribution in [1.29, 1.82) is 0 Å². The molecule has 0 saturated carbocycles. The Morgan fingerprint density at radius 1 is 1.33 bits per heavy atom. The molecule has 2 heterocycles. The fourth-order valence-electron chi connectivity index (χ4n) is 2.41. The third-order valence-corrected chi connectivity index (χ3v) is 3.84. The van der Waals surface area contributed by atoms with Gasteiger partial charge in [-0.1, -0.05) is 15.9 Å². The molecule has 0 amide bonds. The molecule has 3 rings (SSSR count). The molecule has 2 aromatic rings. The van der Waals surface area contributed by atoms with E-state index in [9.17, 15) is 0 Å². The molecule has 0 spiro atoms. The van der Waals surface area contributed by atoms with Crippen molar-refractivity contribution in [3.63, 3.8) is 0 Å². The highest BCUT2D eigenvalue weighted by Crippen LogP contribution is 2.27. The minimum Gasteiger partial charge on any atom is -0.362 e. The number of imidazole rings is 1. The van der Waals surface area contributed by atoms with Gasteiger partial charge in [0.05, 0.1) is 6.54 Å². The van der Waals surface area contributed by atoms with Crippen LogP contribution in [-0.2, 0) is 19.6 Å². The molecule has 1 aromatic carbocycles. The molecule has 0 fully saturated rings. The van der Waals surface area contributed by atoms with E-state index in [1.54, 1.807) is 0 Å². The average molecular weight is 307 g/mol. The second kappa shape index (κ2) is 4.74. The van der Waals surface area contributed by atoms with Crippen molar-refractivity contribution in [2.45, 2.75) is 19.6 Å². The molecule has 1 aliphatic heterocycles. The maximum Gasteiger partial charge on any atom is 0.128 e. The van der Waals surface area contributed by atoms with Crippen LogP contribution < -0.4 is 10.6 Å². The molecule has 18 heavy (non-hydrogen) atoms. The summed E-state index contributed by atoms with van der Waals surface area (Å²) in [5.41, 5.74) is 8.22. The molecule has 94 valence electrons. The van der Waals surface area contributed by atoms with Crippen molar-refractivity contribution in [3.8, 4) is 0 Å². The minimum absolute atomic E-state index is 0.555. The predicted octanol–water partition coefficient (Wildman–Crippen LogP) is 2.12. The van der Waals surface area contributed by atoms with E-state index in [1.807, 2.05) is 12.4 Å². The minimum atomic E-state index is 0.555. The van der Waals surface area contributed by atoms with E-state index >= 15 is 0 Å². The van der Waals surface area contributed by atoms with Gasteiger partial charge in [-0.15, -0.1) is 0 Å². The van der Waals surface area contributed by atoms with E-state index in [4.69, 9.17) is 5.73 Å². The Morgan fingerprint density at radius 3 is 3.06 bits per heavy atom. The number of halogens is 1. The fraction of sp³-hybridized carbons (Fsp3) is 0.308. The van der Waals surface area contributed by atoms with Crippen LogP contribution in [0, 0.1) is 0 Å². The molecular weight excluding hydrogens is 292 g/mol. The number of nitrogens with zero attached hydrogens (tertiary/aromatic N) is 3. The van der Waals surface area contributed by atoms with E-state index in [-0.39, 0.29) is 0 Å². The molecule has 0 saturated heterocycles. The molecular formula is C13H15BrN4. The van der Waals surface area contributed by atoms with E-state index in [0.29, 0.717) is 6.54 Å². The smallest absolute Gasteiger partial charge is 0.128 e. The number of hydrogen-bond donors (Lipinski definition) is 1. The van der Waals surface area contributed by atoms with Crippen molar-refractivity contribution in [3.05, 3.63) is 46.5 Å². The molecule has 0 radical (unpaired) electrons. The van der Waals surface area contributed by atoms with Crippen molar-refractivity contribution in [2.24, 2.45) is 5.73 Å². The summed E-state index contributed by atoms with van der Waals surface area (Å²) >= 11 is 3.49. The lowest BCUT2D eigenvalue weighted by molar-refractivity contribution is 0.559. The van der Waals surface area contributed by atoms with Gasteiger partial charge in [-0.3, -0.25) is 0 Å². The van der Waals surface area contributed by atoms with Gasteiger partial charge >= 0.3 is 0 Å². The Bertz CT molecular complexity index is 564. The van der Waals surface area contributed by atoms with Gasteiger partial charge in [-0.05, 0) is 23.8 Å². The second-order valence-electron chi connectivity index (χ2n) is 4.44. The summed E-state index contributed by atoms with van der Waals surface area (Å²) in [4.78, 5) is 6.73. The number of benzene rings is 1. The average Bonchev–Trinajstić information content (AvgIpc) is 2.85. The third-order valence-electron chi connectivity index (χ3n) is 3.35. The lowest BCUT2D eigenvalue weighted by Crippen LogP contribution is -2.34. The summed E-state index contributed by atoms with van der Waals surface area (Å²) in [6, 6.07) is 6.29. The molecule has 0 bridgehead atoms. The number of hydrogen-bond acceptors (Lipinski definition) is 3. The Hall–Kier alpha value is -1.33. The van der Waals surface area contributed by atoms with Crippen LogP contribution in [0.3, 0.4) is 0 Å². The zero-order valence-corrected chi connectivity index (χ0v) is 11.6. The largest absolute Gasteiger partial charge is 0.362 e. The van der Waals surface area contributed by atoms with Crippen LogP contribution in [-0.4, -0.2) is 16.1 Å². The van der Waals surface area contributed by atoms with E-state index < -0.39 is 0 Å². The first-order valence-corrected chi connectivity index (χ1v) is 6.80. The number of fused-ring (bicyclic) bond motifs is 1. The van der Waals surface area contributed by atoms with E-state index in [1.165, 1.54) is 11.3 Å². The zero-order chi connectivity index (χ0) is 12.5. The second-order valence-corrected chi connectivity index (χ2v) is 5.35.